The van der Waals surface area contributed by atoms with E-state index in [4.69, 9.17) is 5.73 Å². The van der Waals surface area contributed by atoms with Crippen molar-refractivity contribution in [3.63, 3.8) is 0 Å². The SMILES string of the molecule is CC(O)CCN(C)c1cccc(CN)n1. The molecule has 1 heterocycles. The van der Waals surface area contributed by atoms with Crippen LogP contribution in [-0.2, 0) is 6.54 Å². The van der Waals surface area contributed by atoms with Crippen LogP contribution < -0.4 is 10.6 Å². The van der Waals surface area contributed by atoms with Gasteiger partial charge < -0.3 is 15.7 Å². The zero-order valence-electron chi connectivity index (χ0n) is 9.35. The first-order valence-electron chi connectivity index (χ1n) is 5.18. The Kier molecular flexibility index (Phi) is 4.52. The molecule has 1 rings (SSSR count). The molecule has 0 aliphatic heterocycles. The van der Waals surface area contributed by atoms with Gasteiger partial charge in [0.2, 0.25) is 0 Å². The molecule has 0 spiro atoms. The second-order valence-corrected chi connectivity index (χ2v) is 3.75. The van der Waals surface area contributed by atoms with E-state index in [0.717, 1.165) is 24.5 Å². The number of aliphatic hydroxyl groups excluding tert-OH is 1. The van der Waals surface area contributed by atoms with Gasteiger partial charge in [-0.15, -0.1) is 0 Å². The summed E-state index contributed by atoms with van der Waals surface area (Å²) in [7, 11) is 1.96. The van der Waals surface area contributed by atoms with E-state index < -0.39 is 0 Å². The van der Waals surface area contributed by atoms with E-state index in [9.17, 15) is 5.11 Å². The first-order chi connectivity index (χ1) is 7.13. The van der Waals surface area contributed by atoms with Crippen LogP contribution in [0.2, 0.25) is 0 Å². The van der Waals surface area contributed by atoms with E-state index in [1.54, 1.807) is 6.92 Å². The Bertz CT molecular complexity index is 302. The summed E-state index contributed by atoms with van der Waals surface area (Å²) < 4.78 is 0. The maximum atomic E-state index is 9.18. The fourth-order valence-corrected chi connectivity index (χ4v) is 1.29. The largest absolute Gasteiger partial charge is 0.393 e. The minimum atomic E-state index is -0.273. The molecule has 0 aromatic carbocycles. The molecule has 15 heavy (non-hydrogen) atoms. The van der Waals surface area contributed by atoms with Crippen LogP contribution in [0.5, 0.6) is 0 Å². The molecule has 1 atom stereocenters. The van der Waals surface area contributed by atoms with Crippen LogP contribution in [0.25, 0.3) is 0 Å². The minimum absolute atomic E-state index is 0.273. The number of pyridine rings is 1. The summed E-state index contributed by atoms with van der Waals surface area (Å²) in [5.41, 5.74) is 6.41. The molecule has 0 aliphatic carbocycles. The molecule has 0 fully saturated rings. The van der Waals surface area contributed by atoms with Crippen molar-refractivity contribution in [2.75, 3.05) is 18.5 Å². The highest BCUT2D eigenvalue weighted by Gasteiger charge is 2.04. The van der Waals surface area contributed by atoms with Crippen molar-refractivity contribution < 1.29 is 5.11 Å². The Morgan fingerprint density at radius 3 is 2.87 bits per heavy atom. The van der Waals surface area contributed by atoms with Crippen LogP contribution in [0, 0.1) is 0 Å². The first kappa shape index (κ1) is 11.9. The summed E-state index contributed by atoms with van der Waals surface area (Å²) in [4.78, 5) is 6.41. The van der Waals surface area contributed by atoms with Gasteiger partial charge in [-0.05, 0) is 25.5 Å². The predicted molar refractivity (Wildman–Crippen MR) is 61.7 cm³/mol. The normalized spacial score (nSPS) is 12.5. The van der Waals surface area contributed by atoms with Gasteiger partial charge in [-0.2, -0.15) is 0 Å². The van der Waals surface area contributed by atoms with Gasteiger partial charge in [-0.1, -0.05) is 6.07 Å². The second-order valence-electron chi connectivity index (χ2n) is 3.75. The summed E-state index contributed by atoms with van der Waals surface area (Å²) in [6, 6.07) is 5.80. The fourth-order valence-electron chi connectivity index (χ4n) is 1.29. The Balaban J connectivity index is 2.60. The average molecular weight is 209 g/mol. The van der Waals surface area contributed by atoms with Crippen molar-refractivity contribution in [1.29, 1.82) is 0 Å². The minimum Gasteiger partial charge on any atom is -0.393 e. The van der Waals surface area contributed by atoms with Crippen molar-refractivity contribution in [3.8, 4) is 0 Å². The molecular formula is C11H19N3O. The highest BCUT2D eigenvalue weighted by atomic mass is 16.3. The standard InChI is InChI=1S/C11H19N3O/c1-9(15)6-7-14(2)11-5-3-4-10(8-12)13-11/h3-5,9,15H,6-8,12H2,1-2H3. The number of aliphatic hydroxyl groups is 1. The van der Waals surface area contributed by atoms with Crippen LogP contribution in [0.15, 0.2) is 18.2 Å². The highest BCUT2D eigenvalue weighted by Crippen LogP contribution is 2.10. The van der Waals surface area contributed by atoms with Gasteiger partial charge in [0.1, 0.15) is 5.82 Å². The molecule has 0 bridgehead atoms. The molecule has 1 aromatic rings. The van der Waals surface area contributed by atoms with Gasteiger partial charge in [0, 0.05) is 20.1 Å². The average Bonchev–Trinajstić information content (AvgIpc) is 2.26. The van der Waals surface area contributed by atoms with Crippen LogP contribution in [0.1, 0.15) is 19.0 Å². The monoisotopic (exact) mass is 209 g/mol. The number of rotatable bonds is 5. The lowest BCUT2D eigenvalue weighted by molar-refractivity contribution is 0.187. The maximum absolute atomic E-state index is 9.18. The lowest BCUT2D eigenvalue weighted by Gasteiger charge is -2.19. The van der Waals surface area contributed by atoms with Crippen molar-refractivity contribution in [2.24, 2.45) is 5.73 Å². The summed E-state index contributed by atoms with van der Waals surface area (Å²) in [5.74, 6) is 0.901. The molecule has 1 unspecified atom stereocenters. The number of aromatic nitrogens is 1. The van der Waals surface area contributed by atoms with Gasteiger partial charge in [0.25, 0.3) is 0 Å². The Morgan fingerprint density at radius 1 is 1.53 bits per heavy atom. The molecule has 1 aromatic heterocycles. The lowest BCUT2D eigenvalue weighted by Crippen LogP contribution is -2.23. The van der Waals surface area contributed by atoms with Gasteiger partial charge >= 0.3 is 0 Å². The van der Waals surface area contributed by atoms with Crippen LogP contribution in [-0.4, -0.2) is 29.8 Å². The van der Waals surface area contributed by atoms with Crippen LogP contribution in [0.3, 0.4) is 0 Å². The zero-order chi connectivity index (χ0) is 11.3. The second kappa shape index (κ2) is 5.68. The van der Waals surface area contributed by atoms with E-state index in [1.165, 1.54) is 0 Å². The number of hydrogen-bond donors (Lipinski definition) is 2. The van der Waals surface area contributed by atoms with Gasteiger partial charge in [0.05, 0.1) is 11.8 Å². The Hall–Kier alpha value is -1.13. The Labute approximate surface area is 90.7 Å². The number of nitrogens with zero attached hydrogens (tertiary/aromatic N) is 2. The highest BCUT2D eigenvalue weighted by molar-refractivity contribution is 5.38. The smallest absolute Gasteiger partial charge is 0.128 e. The van der Waals surface area contributed by atoms with Crippen molar-refractivity contribution >= 4 is 5.82 Å². The molecule has 0 saturated heterocycles. The molecule has 0 radical (unpaired) electrons. The molecule has 0 aliphatic rings. The van der Waals surface area contributed by atoms with Crippen LogP contribution >= 0.6 is 0 Å². The summed E-state index contributed by atoms with van der Waals surface area (Å²) in [5, 5.41) is 9.18. The van der Waals surface area contributed by atoms with Crippen LogP contribution in [0.4, 0.5) is 5.82 Å². The Morgan fingerprint density at radius 2 is 2.27 bits per heavy atom. The fraction of sp³-hybridized carbons (Fsp3) is 0.545. The van der Waals surface area contributed by atoms with E-state index in [0.29, 0.717) is 6.54 Å². The maximum Gasteiger partial charge on any atom is 0.128 e. The molecule has 3 N–H and O–H groups in total. The third-order valence-electron chi connectivity index (χ3n) is 2.27. The predicted octanol–water partition coefficient (Wildman–Crippen LogP) is 0.747. The van der Waals surface area contributed by atoms with Crippen molar-refractivity contribution in [3.05, 3.63) is 23.9 Å². The number of anilines is 1. The molecule has 84 valence electrons. The molecule has 0 saturated carbocycles. The molecular weight excluding hydrogens is 190 g/mol. The topological polar surface area (TPSA) is 62.4 Å². The van der Waals surface area contributed by atoms with E-state index in [-0.39, 0.29) is 6.10 Å². The summed E-state index contributed by atoms with van der Waals surface area (Å²) >= 11 is 0. The van der Waals surface area contributed by atoms with Crippen molar-refractivity contribution in [1.82, 2.24) is 4.98 Å². The molecule has 4 heteroatoms. The summed E-state index contributed by atoms with van der Waals surface area (Å²) in [6.45, 7) is 3.04. The van der Waals surface area contributed by atoms with E-state index in [1.807, 2.05) is 30.1 Å². The number of hydrogen-bond acceptors (Lipinski definition) is 4. The lowest BCUT2D eigenvalue weighted by atomic mass is 10.2. The zero-order valence-corrected chi connectivity index (χ0v) is 9.35. The van der Waals surface area contributed by atoms with Gasteiger partial charge in [-0.25, -0.2) is 4.98 Å². The quantitative estimate of drug-likeness (QED) is 0.751. The summed E-state index contributed by atoms with van der Waals surface area (Å²) in [6.07, 6.45) is 0.468. The van der Waals surface area contributed by atoms with Gasteiger partial charge in [0.15, 0.2) is 0 Å². The third kappa shape index (κ3) is 3.85. The van der Waals surface area contributed by atoms with Crippen molar-refractivity contribution in [2.45, 2.75) is 26.0 Å². The van der Waals surface area contributed by atoms with E-state index in [2.05, 4.69) is 4.98 Å². The van der Waals surface area contributed by atoms with Gasteiger partial charge in [-0.3, -0.25) is 0 Å². The molecule has 4 nitrogen and oxygen atoms in total. The first-order valence-corrected chi connectivity index (χ1v) is 5.18. The van der Waals surface area contributed by atoms with E-state index >= 15 is 0 Å². The third-order valence-corrected chi connectivity index (χ3v) is 2.27. The molecule has 0 amide bonds. The number of nitrogens with two attached hydrogens (primary N) is 1.